The first-order valence-electron chi connectivity index (χ1n) is 18.2. The lowest BCUT2D eigenvalue weighted by molar-refractivity contribution is 0.660. The Kier molecular flexibility index (Phi) is 5.72. The van der Waals surface area contributed by atoms with Gasteiger partial charge in [0.2, 0.25) is 5.95 Å². The molecule has 3 heterocycles. The highest BCUT2D eigenvalue weighted by Gasteiger charge is 2.35. The zero-order valence-corrected chi connectivity index (χ0v) is 30.0. The number of hydrogen-bond donors (Lipinski definition) is 0. The Morgan fingerprint density at radius 3 is 2.19 bits per heavy atom. The molecule has 0 aliphatic heterocycles. The lowest BCUT2D eigenvalue weighted by atomic mass is 9.81. The van der Waals surface area contributed by atoms with Gasteiger partial charge in [0.1, 0.15) is 0 Å². The lowest BCUT2D eigenvalue weighted by Crippen LogP contribution is -2.15. The highest BCUT2D eigenvalue weighted by Crippen LogP contribution is 2.50. The largest absolute Gasteiger partial charge is 0.278 e. The van der Waals surface area contributed by atoms with Crippen molar-refractivity contribution in [1.29, 1.82) is 0 Å². The van der Waals surface area contributed by atoms with Crippen molar-refractivity contribution >= 4 is 85.8 Å². The van der Waals surface area contributed by atoms with Gasteiger partial charge in [-0.25, -0.2) is 9.97 Å². The molecule has 1 aliphatic rings. The van der Waals surface area contributed by atoms with E-state index in [1.807, 2.05) is 11.3 Å². The Balaban J connectivity index is 1.16. The van der Waals surface area contributed by atoms with Gasteiger partial charge < -0.3 is 0 Å². The van der Waals surface area contributed by atoms with E-state index in [0.29, 0.717) is 5.95 Å². The summed E-state index contributed by atoms with van der Waals surface area (Å²) in [6.45, 7) is 4.69. The van der Waals surface area contributed by atoms with Crippen LogP contribution in [0.25, 0.3) is 103 Å². The summed E-state index contributed by atoms with van der Waals surface area (Å²) >= 11 is 1.88. The molecule has 12 rings (SSSR count). The van der Waals surface area contributed by atoms with E-state index in [-0.39, 0.29) is 5.41 Å². The third kappa shape index (κ3) is 3.93. The number of nitrogens with zero attached hydrogens (tertiary/aromatic N) is 3. The molecule has 4 heteroatoms. The number of fused-ring (bicyclic) bond motifs is 14. The van der Waals surface area contributed by atoms with E-state index in [1.165, 1.54) is 69.4 Å². The molecule has 0 fully saturated rings. The molecule has 0 N–H and O–H groups in total. The Labute approximate surface area is 309 Å². The Bertz CT molecular complexity index is 3380. The van der Waals surface area contributed by atoms with Gasteiger partial charge in [0, 0.05) is 52.7 Å². The number of hydrogen-bond acceptors (Lipinski definition) is 3. The van der Waals surface area contributed by atoms with E-state index in [9.17, 15) is 0 Å². The van der Waals surface area contributed by atoms with Crippen LogP contribution in [-0.2, 0) is 5.41 Å². The molecule has 53 heavy (non-hydrogen) atoms. The molecule has 0 saturated carbocycles. The van der Waals surface area contributed by atoms with Gasteiger partial charge in [-0.15, -0.1) is 11.3 Å². The number of para-hydroxylation sites is 1. The van der Waals surface area contributed by atoms with Crippen molar-refractivity contribution in [1.82, 2.24) is 14.5 Å². The molecule has 1 aliphatic carbocycles. The summed E-state index contributed by atoms with van der Waals surface area (Å²) in [5, 5.41) is 11.0. The van der Waals surface area contributed by atoms with Crippen molar-refractivity contribution in [3.63, 3.8) is 0 Å². The first-order chi connectivity index (χ1) is 26.0. The van der Waals surface area contributed by atoms with E-state index in [2.05, 4.69) is 170 Å². The van der Waals surface area contributed by atoms with E-state index in [0.717, 1.165) is 38.6 Å². The molecular formula is C49H31N3S. The second-order valence-electron chi connectivity index (χ2n) is 15.0. The number of aromatic nitrogens is 3. The van der Waals surface area contributed by atoms with E-state index >= 15 is 0 Å². The molecule has 8 aromatic carbocycles. The predicted octanol–water partition coefficient (Wildman–Crippen LogP) is 13.4. The fourth-order valence-electron chi connectivity index (χ4n) is 9.24. The minimum Gasteiger partial charge on any atom is -0.278 e. The number of thiophene rings is 1. The first kappa shape index (κ1) is 29.2. The minimum absolute atomic E-state index is 0.122. The van der Waals surface area contributed by atoms with Crippen LogP contribution in [0.15, 0.2) is 152 Å². The Hall–Kier alpha value is -6.36. The molecule has 0 spiro atoms. The van der Waals surface area contributed by atoms with E-state index < -0.39 is 0 Å². The summed E-state index contributed by atoms with van der Waals surface area (Å²) in [7, 11) is 0. The maximum atomic E-state index is 5.60. The Morgan fingerprint density at radius 2 is 1.26 bits per heavy atom. The quantitative estimate of drug-likeness (QED) is 0.169. The molecule has 3 nitrogen and oxygen atoms in total. The van der Waals surface area contributed by atoms with Crippen molar-refractivity contribution in [3.05, 3.63) is 163 Å². The zero-order valence-electron chi connectivity index (χ0n) is 29.2. The van der Waals surface area contributed by atoms with Gasteiger partial charge in [-0.05, 0) is 74.8 Å². The van der Waals surface area contributed by atoms with Crippen molar-refractivity contribution in [3.8, 4) is 28.3 Å². The standard InChI is InChI=1S/C49H31N3S/c1-49(2)39-16-8-5-13-32(39)33-22-20-30(25-40(33)49)46-45-31-12-4-3-11-28(31)21-24-41(45)50-48(51-46)52-42-17-9-6-14-34(42)38-27-37-29(26-43(38)52)19-23-36-35-15-7-10-18-44(35)53-47(36)37/h3-27H,1-2H3. The van der Waals surface area contributed by atoms with Crippen LogP contribution >= 0.6 is 11.3 Å². The first-order valence-corrected chi connectivity index (χ1v) is 19.1. The lowest BCUT2D eigenvalue weighted by Gasteiger charge is -2.22. The third-order valence-electron chi connectivity index (χ3n) is 11.8. The van der Waals surface area contributed by atoms with Crippen molar-refractivity contribution in [2.24, 2.45) is 0 Å². The topological polar surface area (TPSA) is 30.7 Å². The normalized spacial score (nSPS) is 13.6. The second-order valence-corrected chi connectivity index (χ2v) is 16.0. The molecule has 0 atom stereocenters. The van der Waals surface area contributed by atoms with Crippen molar-refractivity contribution in [2.45, 2.75) is 19.3 Å². The highest BCUT2D eigenvalue weighted by atomic mass is 32.1. The molecule has 3 aromatic heterocycles. The van der Waals surface area contributed by atoms with Gasteiger partial charge in [-0.2, -0.15) is 0 Å². The summed E-state index contributed by atoms with van der Waals surface area (Å²) in [5.41, 5.74) is 10.4. The van der Waals surface area contributed by atoms with E-state index in [1.54, 1.807) is 0 Å². The van der Waals surface area contributed by atoms with Gasteiger partial charge in [-0.1, -0.05) is 129 Å². The summed E-state index contributed by atoms with van der Waals surface area (Å²) in [5.74, 6) is 0.680. The average Bonchev–Trinajstić information content (AvgIpc) is 3.82. The van der Waals surface area contributed by atoms with Gasteiger partial charge in [-0.3, -0.25) is 4.57 Å². The molecular weight excluding hydrogens is 663 g/mol. The van der Waals surface area contributed by atoms with Crippen LogP contribution in [-0.4, -0.2) is 14.5 Å². The van der Waals surface area contributed by atoms with Crippen LogP contribution < -0.4 is 0 Å². The van der Waals surface area contributed by atoms with Gasteiger partial charge in [0.25, 0.3) is 0 Å². The van der Waals surface area contributed by atoms with Crippen LogP contribution in [0.1, 0.15) is 25.0 Å². The molecule has 11 aromatic rings. The second kappa shape index (κ2) is 10.4. The number of rotatable bonds is 2. The minimum atomic E-state index is -0.122. The molecule has 0 bridgehead atoms. The van der Waals surface area contributed by atoms with Crippen LogP contribution in [0, 0.1) is 0 Å². The fourth-order valence-corrected chi connectivity index (χ4v) is 10.5. The summed E-state index contributed by atoms with van der Waals surface area (Å²) < 4.78 is 4.94. The SMILES string of the molecule is CC1(C)c2ccccc2-c2ccc(-c3nc(-n4c5ccccc5c5cc6c(ccc7c8ccccc8sc67)cc54)nc4ccc5ccccc5c34)cc21. The van der Waals surface area contributed by atoms with Crippen LogP contribution in [0.3, 0.4) is 0 Å². The smallest absolute Gasteiger partial charge is 0.235 e. The van der Waals surface area contributed by atoms with Crippen LogP contribution in [0.4, 0.5) is 0 Å². The summed E-state index contributed by atoms with van der Waals surface area (Å²) in [4.78, 5) is 11.0. The van der Waals surface area contributed by atoms with Crippen LogP contribution in [0.2, 0.25) is 0 Å². The molecule has 0 amide bonds. The molecule has 0 unspecified atom stereocenters. The monoisotopic (exact) mass is 693 g/mol. The summed E-state index contributed by atoms with van der Waals surface area (Å²) in [6, 6.07) is 55.5. The average molecular weight is 694 g/mol. The zero-order chi connectivity index (χ0) is 35.0. The summed E-state index contributed by atoms with van der Waals surface area (Å²) in [6.07, 6.45) is 0. The van der Waals surface area contributed by atoms with Gasteiger partial charge >= 0.3 is 0 Å². The van der Waals surface area contributed by atoms with Crippen molar-refractivity contribution in [2.75, 3.05) is 0 Å². The number of benzene rings is 8. The molecule has 0 saturated heterocycles. The highest BCUT2D eigenvalue weighted by molar-refractivity contribution is 7.26. The third-order valence-corrected chi connectivity index (χ3v) is 13.0. The predicted molar refractivity (Wildman–Crippen MR) is 225 cm³/mol. The van der Waals surface area contributed by atoms with Gasteiger partial charge in [0.05, 0.1) is 22.2 Å². The van der Waals surface area contributed by atoms with Gasteiger partial charge in [0.15, 0.2) is 0 Å². The van der Waals surface area contributed by atoms with Crippen LogP contribution in [0.5, 0.6) is 0 Å². The fraction of sp³-hybridized carbons (Fsp3) is 0.0612. The maximum absolute atomic E-state index is 5.60. The molecule has 0 radical (unpaired) electrons. The van der Waals surface area contributed by atoms with Crippen molar-refractivity contribution < 1.29 is 0 Å². The Morgan fingerprint density at radius 1 is 0.509 bits per heavy atom. The van der Waals surface area contributed by atoms with E-state index in [4.69, 9.17) is 9.97 Å². The molecule has 248 valence electrons. The maximum Gasteiger partial charge on any atom is 0.235 e.